The van der Waals surface area contributed by atoms with Crippen LogP contribution in [0, 0.1) is 12.3 Å². The first kappa shape index (κ1) is 9.59. The summed E-state index contributed by atoms with van der Waals surface area (Å²) in [5, 5.41) is 3.31. The van der Waals surface area contributed by atoms with Crippen LogP contribution in [0.2, 0.25) is 0 Å². The molecule has 0 unspecified atom stereocenters. The number of furan rings is 1. The Hall–Kier alpha value is -0.960. The summed E-state index contributed by atoms with van der Waals surface area (Å²) in [6.07, 6.45) is 3.81. The second-order valence-corrected chi connectivity index (χ2v) is 4.32. The topological polar surface area (TPSA) is 51.2 Å². The average Bonchev–Trinajstić information content (AvgIpc) is 2.50. The molecule has 0 spiro atoms. The molecule has 1 aromatic rings. The highest BCUT2D eigenvalue weighted by molar-refractivity contribution is 5.32. The van der Waals surface area contributed by atoms with Gasteiger partial charge in [-0.25, -0.2) is 0 Å². The SMILES string of the molecule is Cc1ccc(NCC2(CN)CCC2)o1. The Labute approximate surface area is 84.7 Å². The van der Waals surface area contributed by atoms with Crippen LogP contribution < -0.4 is 11.1 Å². The number of rotatable bonds is 4. The third-order valence-electron chi connectivity index (χ3n) is 3.23. The molecule has 1 aliphatic rings. The van der Waals surface area contributed by atoms with Crippen molar-refractivity contribution in [1.82, 2.24) is 0 Å². The van der Waals surface area contributed by atoms with Gasteiger partial charge in [0.15, 0.2) is 5.88 Å². The van der Waals surface area contributed by atoms with Crippen LogP contribution in [0.5, 0.6) is 0 Å². The van der Waals surface area contributed by atoms with Crippen LogP contribution in [0.25, 0.3) is 0 Å². The van der Waals surface area contributed by atoms with Crippen LogP contribution >= 0.6 is 0 Å². The first-order valence-corrected chi connectivity index (χ1v) is 5.24. The fourth-order valence-electron chi connectivity index (χ4n) is 1.93. The molecule has 0 atom stereocenters. The monoisotopic (exact) mass is 194 g/mol. The van der Waals surface area contributed by atoms with Gasteiger partial charge in [0.25, 0.3) is 0 Å². The molecule has 14 heavy (non-hydrogen) atoms. The van der Waals surface area contributed by atoms with E-state index in [1.54, 1.807) is 0 Å². The zero-order chi connectivity index (χ0) is 10.0. The van der Waals surface area contributed by atoms with Crippen LogP contribution in [-0.2, 0) is 0 Å². The van der Waals surface area contributed by atoms with E-state index in [0.29, 0.717) is 5.41 Å². The molecule has 0 saturated heterocycles. The van der Waals surface area contributed by atoms with Crippen LogP contribution in [0.4, 0.5) is 5.88 Å². The number of hydrogen-bond acceptors (Lipinski definition) is 3. The highest BCUT2D eigenvalue weighted by Crippen LogP contribution is 2.39. The normalized spacial score (nSPS) is 19.0. The maximum absolute atomic E-state index is 5.77. The Morgan fingerprint density at radius 3 is 2.71 bits per heavy atom. The third-order valence-corrected chi connectivity index (χ3v) is 3.23. The van der Waals surface area contributed by atoms with E-state index in [9.17, 15) is 0 Å². The Bertz CT molecular complexity index is 296. The predicted molar refractivity (Wildman–Crippen MR) is 57.3 cm³/mol. The second kappa shape index (κ2) is 3.65. The van der Waals surface area contributed by atoms with Crippen molar-refractivity contribution in [3.05, 3.63) is 17.9 Å². The first-order valence-electron chi connectivity index (χ1n) is 5.24. The average molecular weight is 194 g/mol. The van der Waals surface area contributed by atoms with Gasteiger partial charge in [-0.1, -0.05) is 6.42 Å². The highest BCUT2D eigenvalue weighted by Gasteiger charge is 2.35. The van der Waals surface area contributed by atoms with Gasteiger partial charge >= 0.3 is 0 Å². The molecular weight excluding hydrogens is 176 g/mol. The Kier molecular flexibility index (Phi) is 2.50. The zero-order valence-corrected chi connectivity index (χ0v) is 8.68. The van der Waals surface area contributed by atoms with Crippen LogP contribution in [-0.4, -0.2) is 13.1 Å². The summed E-state index contributed by atoms with van der Waals surface area (Å²) < 4.78 is 5.44. The van der Waals surface area contributed by atoms with E-state index < -0.39 is 0 Å². The molecule has 0 bridgehead atoms. The standard InChI is InChI=1S/C11H18N2O/c1-9-3-4-10(14-9)13-8-11(7-12)5-2-6-11/h3-4,13H,2,5-8,12H2,1H3. The maximum atomic E-state index is 5.77. The molecule has 1 saturated carbocycles. The Balaban J connectivity index is 1.87. The molecule has 0 aliphatic heterocycles. The molecule has 0 radical (unpaired) electrons. The minimum absolute atomic E-state index is 0.334. The molecule has 0 amide bonds. The largest absolute Gasteiger partial charge is 0.446 e. The zero-order valence-electron chi connectivity index (χ0n) is 8.68. The fourth-order valence-corrected chi connectivity index (χ4v) is 1.93. The first-order chi connectivity index (χ1) is 6.74. The lowest BCUT2D eigenvalue weighted by molar-refractivity contribution is 0.162. The second-order valence-electron chi connectivity index (χ2n) is 4.32. The van der Waals surface area contributed by atoms with Gasteiger partial charge in [-0.2, -0.15) is 0 Å². The van der Waals surface area contributed by atoms with Gasteiger partial charge in [0.1, 0.15) is 5.76 Å². The molecule has 3 heteroatoms. The number of nitrogens with one attached hydrogen (secondary N) is 1. The summed E-state index contributed by atoms with van der Waals surface area (Å²) in [5.74, 6) is 1.81. The van der Waals surface area contributed by atoms with Gasteiger partial charge < -0.3 is 15.5 Å². The van der Waals surface area contributed by atoms with Gasteiger partial charge in [-0.05, 0) is 37.8 Å². The lowest BCUT2D eigenvalue weighted by Crippen LogP contribution is -2.42. The quantitative estimate of drug-likeness (QED) is 0.772. The Morgan fingerprint density at radius 1 is 1.50 bits per heavy atom. The van der Waals surface area contributed by atoms with Crippen molar-refractivity contribution < 1.29 is 4.42 Å². The molecule has 3 nitrogen and oxygen atoms in total. The molecule has 1 aliphatic carbocycles. The van der Waals surface area contributed by atoms with Gasteiger partial charge in [-0.3, -0.25) is 0 Å². The van der Waals surface area contributed by atoms with Crippen LogP contribution in [0.3, 0.4) is 0 Å². The minimum atomic E-state index is 0.334. The maximum Gasteiger partial charge on any atom is 0.193 e. The van der Waals surface area contributed by atoms with Crippen LogP contribution in [0.1, 0.15) is 25.0 Å². The molecule has 1 aromatic heterocycles. The van der Waals surface area contributed by atoms with Gasteiger partial charge in [0.05, 0.1) is 0 Å². The van der Waals surface area contributed by atoms with Crippen molar-refractivity contribution in [3.8, 4) is 0 Å². The van der Waals surface area contributed by atoms with Crippen molar-refractivity contribution in [2.45, 2.75) is 26.2 Å². The van der Waals surface area contributed by atoms with Crippen molar-refractivity contribution >= 4 is 5.88 Å². The summed E-state index contributed by atoms with van der Waals surface area (Å²) in [6.45, 7) is 3.67. The molecule has 0 aromatic carbocycles. The summed E-state index contributed by atoms with van der Waals surface area (Å²) >= 11 is 0. The van der Waals surface area contributed by atoms with Gasteiger partial charge in [0.2, 0.25) is 0 Å². The van der Waals surface area contributed by atoms with E-state index in [0.717, 1.165) is 24.7 Å². The van der Waals surface area contributed by atoms with Gasteiger partial charge in [0, 0.05) is 12.6 Å². The van der Waals surface area contributed by atoms with E-state index in [1.165, 1.54) is 19.3 Å². The number of hydrogen-bond donors (Lipinski definition) is 2. The molecule has 78 valence electrons. The molecule has 3 N–H and O–H groups in total. The lowest BCUT2D eigenvalue weighted by Gasteiger charge is -2.40. The van der Waals surface area contributed by atoms with E-state index in [2.05, 4.69) is 5.32 Å². The summed E-state index contributed by atoms with van der Waals surface area (Å²) in [5.41, 5.74) is 6.10. The number of nitrogens with two attached hydrogens (primary N) is 1. The van der Waals surface area contributed by atoms with E-state index in [1.807, 2.05) is 19.1 Å². The molecule has 1 fully saturated rings. The smallest absolute Gasteiger partial charge is 0.193 e. The molecular formula is C11H18N2O. The molecule has 1 heterocycles. The molecule has 2 rings (SSSR count). The summed E-state index contributed by atoms with van der Waals surface area (Å²) in [4.78, 5) is 0. The predicted octanol–water partition coefficient (Wildman–Crippen LogP) is 2.13. The van der Waals surface area contributed by atoms with E-state index in [4.69, 9.17) is 10.2 Å². The van der Waals surface area contributed by atoms with Crippen molar-refractivity contribution in [3.63, 3.8) is 0 Å². The third kappa shape index (κ3) is 1.77. The number of anilines is 1. The van der Waals surface area contributed by atoms with E-state index in [-0.39, 0.29) is 0 Å². The van der Waals surface area contributed by atoms with Crippen molar-refractivity contribution in [2.24, 2.45) is 11.1 Å². The van der Waals surface area contributed by atoms with E-state index >= 15 is 0 Å². The lowest BCUT2D eigenvalue weighted by atomic mass is 9.69. The van der Waals surface area contributed by atoms with Crippen molar-refractivity contribution in [2.75, 3.05) is 18.4 Å². The fraction of sp³-hybridized carbons (Fsp3) is 0.636. The van der Waals surface area contributed by atoms with Crippen molar-refractivity contribution in [1.29, 1.82) is 0 Å². The summed E-state index contributed by atoms with van der Waals surface area (Å²) in [6, 6.07) is 3.94. The summed E-state index contributed by atoms with van der Waals surface area (Å²) in [7, 11) is 0. The Morgan fingerprint density at radius 2 is 2.29 bits per heavy atom. The minimum Gasteiger partial charge on any atom is -0.446 e. The van der Waals surface area contributed by atoms with Crippen LogP contribution in [0.15, 0.2) is 16.5 Å². The number of aryl methyl sites for hydroxylation is 1. The van der Waals surface area contributed by atoms with Gasteiger partial charge in [-0.15, -0.1) is 0 Å². The highest BCUT2D eigenvalue weighted by atomic mass is 16.4.